The predicted octanol–water partition coefficient (Wildman–Crippen LogP) is 3.77. The highest BCUT2D eigenvalue weighted by molar-refractivity contribution is 6.34. The molecule has 2 rings (SSSR count). The molecule has 0 atom stereocenters. The van der Waals surface area contributed by atoms with E-state index >= 15 is 0 Å². The lowest BCUT2D eigenvalue weighted by Crippen LogP contribution is -1.97. The summed E-state index contributed by atoms with van der Waals surface area (Å²) < 4.78 is 5.49. The van der Waals surface area contributed by atoms with Gasteiger partial charge in [0.15, 0.2) is 0 Å². The van der Waals surface area contributed by atoms with E-state index in [-0.39, 0.29) is 0 Å². The van der Waals surface area contributed by atoms with Crippen molar-refractivity contribution in [3.05, 3.63) is 58.3 Å². The first-order valence-corrected chi connectivity index (χ1v) is 5.41. The highest BCUT2D eigenvalue weighted by Gasteiger charge is 2.03. The van der Waals surface area contributed by atoms with Crippen LogP contribution in [-0.2, 0) is 6.61 Å². The summed E-state index contributed by atoms with van der Waals surface area (Å²) in [5, 5.41) is 0.959. The van der Waals surface area contributed by atoms with Crippen molar-refractivity contribution in [1.29, 1.82) is 0 Å². The normalized spacial score (nSPS) is 10.1. The average Bonchev–Trinajstić information content (AvgIpc) is 2.32. The molecular weight excluding hydrogens is 245 g/mol. The molecule has 0 amide bonds. The number of nitrogens with zero attached hydrogens (tertiary/aromatic N) is 1. The molecule has 0 aliphatic rings. The minimum absolute atomic E-state index is 0.356. The zero-order valence-electron chi connectivity index (χ0n) is 8.28. The largest absolute Gasteiger partial charge is 0.486 e. The van der Waals surface area contributed by atoms with E-state index in [1.165, 1.54) is 0 Å². The Hall–Kier alpha value is -1.25. The van der Waals surface area contributed by atoms with E-state index < -0.39 is 0 Å². The molecule has 0 aliphatic carbocycles. The second-order valence-corrected chi connectivity index (χ2v) is 3.92. The van der Waals surface area contributed by atoms with Crippen LogP contribution in [0.1, 0.15) is 5.69 Å². The number of benzene rings is 1. The molecule has 1 aromatic carbocycles. The molecule has 0 saturated carbocycles. The van der Waals surface area contributed by atoms with Gasteiger partial charge in [0.05, 0.1) is 10.7 Å². The summed E-state index contributed by atoms with van der Waals surface area (Å²) in [7, 11) is 0. The standard InChI is InChI=1S/C12H8Cl2NO/c13-9-4-5-11(14)12(7-9)16-8-10-3-1-2-6-15-10/h1-4,6-7H,8H2. The van der Waals surface area contributed by atoms with Crippen molar-refractivity contribution in [2.75, 3.05) is 0 Å². The fourth-order valence-electron chi connectivity index (χ4n) is 1.17. The van der Waals surface area contributed by atoms with Gasteiger partial charge in [-0.25, -0.2) is 0 Å². The van der Waals surface area contributed by atoms with Crippen LogP contribution in [0.2, 0.25) is 10.0 Å². The SMILES string of the molecule is Clc1c[c]c(Cl)c(OCc2ccccn2)c1. The van der Waals surface area contributed by atoms with Crippen molar-refractivity contribution in [1.82, 2.24) is 4.98 Å². The van der Waals surface area contributed by atoms with Gasteiger partial charge in [0.25, 0.3) is 0 Å². The Morgan fingerprint density at radius 2 is 2.19 bits per heavy atom. The minimum Gasteiger partial charge on any atom is -0.486 e. The molecule has 0 fully saturated rings. The van der Waals surface area contributed by atoms with Crippen molar-refractivity contribution >= 4 is 23.2 Å². The first-order chi connectivity index (χ1) is 7.75. The van der Waals surface area contributed by atoms with Gasteiger partial charge in [-0.15, -0.1) is 0 Å². The second kappa shape index (κ2) is 5.19. The lowest BCUT2D eigenvalue weighted by atomic mass is 10.3. The molecule has 81 valence electrons. The molecule has 0 aliphatic heterocycles. The van der Waals surface area contributed by atoms with Crippen LogP contribution >= 0.6 is 23.2 Å². The third-order valence-electron chi connectivity index (χ3n) is 1.92. The maximum absolute atomic E-state index is 5.90. The number of rotatable bonds is 3. The van der Waals surface area contributed by atoms with Gasteiger partial charge in [0.2, 0.25) is 0 Å². The lowest BCUT2D eigenvalue weighted by Gasteiger charge is -2.07. The van der Waals surface area contributed by atoms with Crippen molar-refractivity contribution in [3.8, 4) is 5.75 Å². The van der Waals surface area contributed by atoms with E-state index in [1.54, 1.807) is 18.3 Å². The fourth-order valence-corrected chi connectivity index (χ4v) is 1.49. The number of halogens is 2. The van der Waals surface area contributed by atoms with Crippen LogP contribution in [-0.4, -0.2) is 4.98 Å². The Morgan fingerprint density at radius 3 is 2.94 bits per heavy atom. The molecule has 16 heavy (non-hydrogen) atoms. The van der Waals surface area contributed by atoms with E-state index in [0.29, 0.717) is 22.4 Å². The summed E-state index contributed by atoms with van der Waals surface area (Å²) in [6, 6.07) is 11.7. The Kier molecular flexibility index (Phi) is 3.65. The molecule has 0 N–H and O–H groups in total. The van der Waals surface area contributed by atoms with Gasteiger partial charge in [-0.05, 0) is 18.2 Å². The first-order valence-electron chi connectivity index (χ1n) is 4.65. The van der Waals surface area contributed by atoms with Crippen molar-refractivity contribution in [2.45, 2.75) is 6.61 Å². The van der Waals surface area contributed by atoms with E-state index in [4.69, 9.17) is 27.9 Å². The molecule has 1 heterocycles. The Bertz CT molecular complexity index is 474. The molecule has 0 spiro atoms. The van der Waals surface area contributed by atoms with Crippen molar-refractivity contribution < 1.29 is 4.74 Å². The average molecular weight is 253 g/mol. The van der Waals surface area contributed by atoms with Crippen LogP contribution < -0.4 is 4.74 Å². The van der Waals surface area contributed by atoms with E-state index in [9.17, 15) is 0 Å². The van der Waals surface area contributed by atoms with Gasteiger partial charge in [-0.2, -0.15) is 0 Å². The van der Waals surface area contributed by atoms with Gasteiger partial charge >= 0.3 is 0 Å². The third-order valence-corrected chi connectivity index (χ3v) is 2.44. The van der Waals surface area contributed by atoms with Crippen molar-refractivity contribution in [3.63, 3.8) is 0 Å². The molecule has 0 unspecified atom stereocenters. The maximum Gasteiger partial charge on any atom is 0.140 e. The monoisotopic (exact) mass is 252 g/mol. The van der Waals surface area contributed by atoms with Crippen LogP contribution in [0.3, 0.4) is 0 Å². The van der Waals surface area contributed by atoms with Gasteiger partial charge in [0.1, 0.15) is 12.4 Å². The summed E-state index contributed by atoms with van der Waals surface area (Å²) in [5.74, 6) is 0.514. The third kappa shape index (κ3) is 2.87. The summed E-state index contributed by atoms with van der Waals surface area (Å²) in [4.78, 5) is 4.13. The second-order valence-electron chi connectivity index (χ2n) is 3.11. The van der Waals surface area contributed by atoms with Crippen LogP contribution in [0.4, 0.5) is 0 Å². The molecule has 1 radical (unpaired) electrons. The quantitative estimate of drug-likeness (QED) is 0.830. The number of pyridine rings is 1. The van der Waals surface area contributed by atoms with Crippen molar-refractivity contribution in [2.24, 2.45) is 0 Å². The zero-order chi connectivity index (χ0) is 11.4. The maximum atomic E-state index is 5.90. The number of hydrogen-bond donors (Lipinski definition) is 0. The smallest absolute Gasteiger partial charge is 0.140 e. The Labute approximate surface area is 104 Å². The minimum atomic E-state index is 0.356. The number of hydrogen-bond acceptors (Lipinski definition) is 2. The molecule has 2 aromatic rings. The van der Waals surface area contributed by atoms with Crippen LogP contribution in [0.5, 0.6) is 5.75 Å². The van der Waals surface area contributed by atoms with Crippen LogP contribution in [0.15, 0.2) is 36.5 Å². The predicted molar refractivity (Wildman–Crippen MR) is 63.9 cm³/mol. The fraction of sp³-hybridized carbons (Fsp3) is 0.0833. The number of aromatic nitrogens is 1. The number of ether oxygens (including phenoxy) is 1. The molecule has 1 aromatic heterocycles. The first kappa shape index (κ1) is 11.2. The molecule has 4 heteroatoms. The van der Waals surface area contributed by atoms with Crippen LogP contribution in [0.25, 0.3) is 0 Å². The Morgan fingerprint density at radius 1 is 1.31 bits per heavy atom. The van der Waals surface area contributed by atoms with E-state index in [0.717, 1.165) is 5.69 Å². The molecule has 0 bridgehead atoms. The summed E-state index contributed by atoms with van der Waals surface area (Å²) in [5.41, 5.74) is 0.832. The topological polar surface area (TPSA) is 22.1 Å². The van der Waals surface area contributed by atoms with E-state index in [2.05, 4.69) is 11.1 Å². The molecular formula is C12H8Cl2NO. The Balaban J connectivity index is 2.08. The summed E-state index contributed by atoms with van der Waals surface area (Å²) >= 11 is 11.7. The molecule has 0 saturated heterocycles. The zero-order valence-corrected chi connectivity index (χ0v) is 9.79. The highest BCUT2D eigenvalue weighted by Crippen LogP contribution is 2.27. The highest BCUT2D eigenvalue weighted by atomic mass is 35.5. The van der Waals surface area contributed by atoms with Gasteiger partial charge in [0, 0.05) is 23.4 Å². The van der Waals surface area contributed by atoms with Crippen LogP contribution in [0, 0.1) is 6.07 Å². The lowest BCUT2D eigenvalue weighted by molar-refractivity contribution is 0.301. The van der Waals surface area contributed by atoms with Gasteiger partial charge in [-0.3, -0.25) is 4.98 Å². The van der Waals surface area contributed by atoms with Gasteiger partial charge < -0.3 is 4.74 Å². The van der Waals surface area contributed by atoms with E-state index in [1.807, 2.05) is 18.2 Å². The summed E-state index contributed by atoms with van der Waals surface area (Å²) in [6.07, 6.45) is 1.71. The van der Waals surface area contributed by atoms with Gasteiger partial charge in [-0.1, -0.05) is 29.3 Å². The summed E-state index contributed by atoms with van der Waals surface area (Å²) in [6.45, 7) is 0.356. The molecule has 2 nitrogen and oxygen atoms in total.